The van der Waals surface area contributed by atoms with E-state index in [1.807, 2.05) is 43.3 Å². The predicted molar refractivity (Wildman–Crippen MR) is 122 cm³/mol. The van der Waals surface area contributed by atoms with Crippen LogP contribution < -0.4 is 5.32 Å². The van der Waals surface area contributed by atoms with Crippen LogP contribution in [0.15, 0.2) is 48.5 Å². The quantitative estimate of drug-likeness (QED) is 0.540. The van der Waals surface area contributed by atoms with Gasteiger partial charge in [0.05, 0.1) is 5.75 Å². The van der Waals surface area contributed by atoms with Crippen molar-refractivity contribution in [3.8, 4) is 0 Å². The van der Waals surface area contributed by atoms with Crippen molar-refractivity contribution in [3.63, 3.8) is 0 Å². The number of thioether (sulfide) groups is 1. The van der Waals surface area contributed by atoms with Crippen molar-refractivity contribution in [2.24, 2.45) is 0 Å². The summed E-state index contributed by atoms with van der Waals surface area (Å²) in [4.78, 5) is 27.1. The maximum atomic E-state index is 13.0. The number of carbonyl (C=O) groups excluding carboxylic acids is 2. The Labute approximate surface area is 187 Å². The topological polar surface area (TPSA) is 49.4 Å². The molecule has 1 atom stereocenters. The van der Waals surface area contributed by atoms with E-state index < -0.39 is 6.04 Å². The normalized spacial score (nSPS) is 11.7. The van der Waals surface area contributed by atoms with Crippen molar-refractivity contribution < 1.29 is 9.59 Å². The number of rotatable bonds is 10. The number of nitrogens with zero attached hydrogens (tertiary/aromatic N) is 1. The van der Waals surface area contributed by atoms with E-state index in [0.717, 1.165) is 17.5 Å². The molecule has 1 N–H and O–H groups in total. The monoisotopic (exact) mass is 452 g/mol. The lowest BCUT2D eigenvalue weighted by atomic mass is 10.1. The number of hydrogen-bond donors (Lipinski definition) is 1. The molecule has 0 radical (unpaired) electrons. The lowest BCUT2D eigenvalue weighted by Gasteiger charge is -2.28. The molecule has 4 nitrogen and oxygen atoms in total. The van der Waals surface area contributed by atoms with E-state index >= 15 is 0 Å². The fraction of sp³-hybridized carbons (Fsp3) is 0.364. The molecule has 0 aliphatic heterocycles. The second kappa shape index (κ2) is 12.1. The molecule has 29 heavy (non-hydrogen) atoms. The van der Waals surface area contributed by atoms with Gasteiger partial charge in [-0.05, 0) is 36.6 Å². The lowest BCUT2D eigenvalue weighted by molar-refractivity contribution is -0.138. The van der Waals surface area contributed by atoms with Crippen LogP contribution in [0.25, 0.3) is 0 Å². The summed E-state index contributed by atoms with van der Waals surface area (Å²) in [6.45, 7) is 4.76. The minimum atomic E-state index is -0.547. The zero-order valence-electron chi connectivity index (χ0n) is 16.7. The molecule has 0 unspecified atom stereocenters. The van der Waals surface area contributed by atoms with Gasteiger partial charge in [0, 0.05) is 28.9 Å². The molecule has 2 amide bonds. The van der Waals surface area contributed by atoms with E-state index in [9.17, 15) is 9.59 Å². The second-order valence-electron chi connectivity index (χ2n) is 6.70. The fourth-order valence-electron chi connectivity index (χ4n) is 2.73. The number of benzene rings is 2. The van der Waals surface area contributed by atoms with E-state index in [4.69, 9.17) is 23.2 Å². The summed E-state index contributed by atoms with van der Waals surface area (Å²) in [6, 6.07) is 14.5. The first-order valence-electron chi connectivity index (χ1n) is 9.55. The summed E-state index contributed by atoms with van der Waals surface area (Å²) in [5.41, 5.74) is 1.92. The van der Waals surface area contributed by atoms with Crippen molar-refractivity contribution in [1.82, 2.24) is 10.2 Å². The Morgan fingerprint density at radius 2 is 1.86 bits per heavy atom. The van der Waals surface area contributed by atoms with Gasteiger partial charge in [0.15, 0.2) is 0 Å². The third-order valence-electron chi connectivity index (χ3n) is 4.41. The van der Waals surface area contributed by atoms with Crippen molar-refractivity contribution >= 4 is 46.8 Å². The Kier molecular flexibility index (Phi) is 9.85. The first-order chi connectivity index (χ1) is 13.9. The molecule has 0 bridgehead atoms. The molecule has 0 saturated heterocycles. The largest absolute Gasteiger partial charge is 0.354 e. The molecule has 7 heteroatoms. The summed E-state index contributed by atoms with van der Waals surface area (Å²) in [6.07, 6.45) is 0.850. The number of nitrogens with one attached hydrogen (secondary N) is 1. The maximum Gasteiger partial charge on any atom is 0.242 e. The van der Waals surface area contributed by atoms with Gasteiger partial charge in [0.1, 0.15) is 6.04 Å². The Morgan fingerprint density at radius 1 is 1.14 bits per heavy atom. The molecule has 0 spiro atoms. The summed E-state index contributed by atoms with van der Waals surface area (Å²) in [5, 5.41) is 4.05. The van der Waals surface area contributed by atoms with Crippen LogP contribution in [0, 0.1) is 0 Å². The Balaban J connectivity index is 2.03. The van der Waals surface area contributed by atoms with Gasteiger partial charge in [0.2, 0.25) is 11.8 Å². The van der Waals surface area contributed by atoms with E-state index in [1.54, 1.807) is 24.0 Å². The van der Waals surface area contributed by atoms with Gasteiger partial charge in [-0.2, -0.15) is 0 Å². The molecule has 156 valence electrons. The van der Waals surface area contributed by atoms with Gasteiger partial charge in [-0.15, -0.1) is 11.8 Å². The Morgan fingerprint density at radius 3 is 2.52 bits per heavy atom. The van der Waals surface area contributed by atoms with Crippen molar-refractivity contribution in [3.05, 3.63) is 69.7 Å². The number of hydrogen-bond acceptors (Lipinski definition) is 3. The van der Waals surface area contributed by atoms with E-state index in [0.29, 0.717) is 28.9 Å². The van der Waals surface area contributed by atoms with Crippen LogP contribution >= 0.6 is 35.0 Å². The number of carbonyl (C=O) groups is 2. The highest BCUT2D eigenvalue weighted by atomic mass is 35.5. The summed E-state index contributed by atoms with van der Waals surface area (Å²) < 4.78 is 0. The zero-order valence-corrected chi connectivity index (χ0v) is 19.0. The SMILES string of the molecule is CCCNC(=O)[C@H](C)N(Cc1ccccc1)C(=O)CSCc1ccc(Cl)cc1Cl. The molecule has 0 aromatic heterocycles. The van der Waals surface area contributed by atoms with E-state index in [1.165, 1.54) is 11.8 Å². The lowest BCUT2D eigenvalue weighted by Crippen LogP contribution is -2.48. The highest BCUT2D eigenvalue weighted by Gasteiger charge is 2.25. The van der Waals surface area contributed by atoms with Gasteiger partial charge in [-0.1, -0.05) is 66.5 Å². The number of halogens is 2. The molecular formula is C22H26Cl2N2O2S. The van der Waals surface area contributed by atoms with Crippen LogP contribution in [0.5, 0.6) is 0 Å². The summed E-state index contributed by atoms with van der Waals surface area (Å²) >= 11 is 13.6. The summed E-state index contributed by atoms with van der Waals surface area (Å²) in [7, 11) is 0. The molecule has 0 saturated carbocycles. The van der Waals surface area contributed by atoms with Crippen molar-refractivity contribution in [2.45, 2.75) is 38.6 Å². The zero-order chi connectivity index (χ0) is 21.2. The fourth-order valence-corrected chi connectivity index (χ4v) is 4.20. The van der Waals surface area contributed by atoms with Gasteiger partial charge in [-0.3, -0.25) is 9.59 Å². The predicted octanol–water partition coefficient (Wildman–Crippen LogP) is 5.17. The molecule has 0 fully saturated rings. The summed E-state index contributed by atoms with van der Waals surface area (Å²) in [5.74, 6) is 0.638. The maximum absolute atomic E-state index is 13.0. The van der Waals surface area contributed by atoms with Crippen LogP contribution in [0.4, 0.5) is 0 Å². The standard InChI is InChI=1S/C22H26Cl2N2O2S/c1-3-11-25-22(28)16(2)26(13-17-7-5-4-6-8-17)21(27)15-29-14-18-9-10-19(23)12-20(18)24/h4-10,12,16H,3,11,13-15H2,1-2H3,(H,25,28)/t16-/m0/s1. The average Bonchev–Trinajstić information content (AvgIpc) is 2.72. The Hall–Kier alpha value is -1.69. The molecule has 0 heterocycles. The van der Waals surface area contributed by atoms with Crippen molar-refractivity contribution in [1.29, 1.82) is 0 Å². The molecule has 2 rings (SSSR count). The molecule has 0 aliphatic rings. The van der Waals surface area contributed by atoms with Crippen LogP contribution in [0.3, 0.4) is 0 Å². The minimum Gasteiger partial charge on any atom is -0.354 e. The van der Waals surface area contributed by atoms with Crippen molar-refractivity contribution in [2.75, 3.05) is 12.3 Å². The average molecular weight is 453 g/mol. The molecule has 2 aromatic rings. The van der Waals surface area contributed by atoms with Crippen LogP contribution in [-0.2, 0) is 21.9 Å². The van der Waals surface area contributed by atoms with Crippen LogP contribution in [0.2, 0.25) is 10.0 Å². The molecule has 2 aromatic carbocycles. The Bertz CT molecular complexity index is 818. The highest BCUT2D eigenvalue weighted by molar-refractivity contribution is 7.99. The second-order valence-corrected chi connectivity index (χ2v) is 8.53. The van der Waals surface area contributed by atoms with Crippen LogP contribution in [-0.4, -0.2) is 35.1 Å². The number of amides is 2. The third kappa shape index (κ3) is 7.57. The van der Waals surface area contributed by atoms with Gasteiger partial charge >= 0.3 is 0 Å². The van der Waals surface area contributed by atoms with Gasteiger partial charge in [-0.25, -0.2) is 0 Å². The van der Waals surface area contributed by atoms with E-state index in [2.05, 4.69) is 5.32 Å². The third-order valence-corrected chi connectivity index (χ3v) is 5.96. The molecule has 0 aliphatic carbocycles. The van der Waals surface area contributed by atoms with Gasteiger partial charge in [0.25, 0.3) is 0 Å². The first-order valence-corrected chi connectivity index (χ1v) is 11.5. The highest BCUT2D eigenvalue weighted by Crippen LogP contribution is 2.25. The minimum absolute atomic E-state index is 0.0805. The van der Waals surface area contributed by atoms with E-state index in [-0.39, 0.29) is 17.6 Å². The smallest absolute Gasteiger partial charge is 0.242 e. The first kappa shape index (κ1) is 23.6. The molecular weight excluding hydrogens is 427 g/mol. The van der Waals surface area contributed by atoms with Gasteiger partial charge < -0.3 is 10.2 Å². The van der Waals surface area contributed by atoms with Crippen LogP contribution in [0.1, 0.15) is 31.4 Å².